The zero-order chi connectivity index (χ0) is 15.6. The Bertz CT molecular complexity index is 608. The molecule has 3 N–H and O–H groups in total. The molecule has 0 aromatic carbocycles. The van der Waals surface area contributed by atoms with E-state index in [9.17, 15) is 19.2 Å². The minimum absolute atomic E-state index is 0.0505. The standard InChI is InChI=1S/C12H13N3O6/c1-6-10(17)14-9(16)5-15(6)12(20)13-4-7-2-3-8(21-7)11(18)19/h2-3,6H,4-5H2,1H3,(H,13,20)(H,18,19)(H,14,16,17). The first-order valence-corrected chi connectivity index (χ1v) is 6.08. The fourth-order valence-corrected chi connectivity index (χ4v) is 1.81. The molecule has 1 unspecified atom stereocenters. The summed E-state index contributed by atoms with van der Waals surface area (Å²) < 4.78 is 4.97. The minimum atomic E-state index is -1.21. The number of carbonyl (C=O) groups excluding carboxylic acids is 3. The number of hydrogen-bond acceptors (Lipinski definition) is 5. The van der Waals surface area contributed by atoms with E-state index in [0.717, 1.165) is 4.90 Å². The molecule has 0 aliphatic carbocycles. The van der Waals surface area contributed by atoms with Gasteiger partial charge in [-0.3, -0.25) is 14.9 Å². The van der Waals surface area contributed by atoms with Gasteiger partial charge in [0.2, 0.25) is 17.6 Å². The zero-order valence-electron chi connectivity index (χ0n) is 11.1. The van der Waals surface area contributed by atoms with Gasteiger partial charge in [-0.2, -0.15) is 0 Å². The number of carbonyl (C=O) groups is 4. The van der Waals surface area contributed by atoms with Crippen LogP contribution in [0.3, 0.4) is 0 Å². The second-order valence-electron chi connectivity index (χ2n) is 4.45. The van der Waals surface area contributed by atoms with E-state index < -0.39 is 29.9 Å². The number of carboxylic acids is 1. The lowest BCUT2D eigenvalue weighted by Gasteiger charge is -2.31. The number of urea groups is 1. The molecule has 0 saturated carbocycles. The summed E-state index contributed by atoms with van der Waals surface area (Å²) in [6, 6.07) is 1.30. The molecule has 0 radical (unpaired) electrons. The fraction of sp³-hybridized carbons (Fsp3) is 0.333. The van der Waals surface area contributed by atoms with Gasteiger partial charge in [0.25, 0.3) is 0 Å². The molecule has 112 valence electrons. The first kappa shape index (κ1) is 14.6. The average molecular weight is 295 g/mol. The van der Waals surface area contributed by atoms with E-state index >= 15 is 0 Å². The third kappa shape index (κ3) is 3.19. The van der Waals surface area contributed by atoms with Crippen molar-refractivity contribution in [3.05, 3.63) is 23.7 Å². The van der Waals surface area contributed by atoms with Gasteiger partial charge in [0.15, 0.2) is 0 Å². The Morgan fingerprint density at radius 2 is 2.19 bits per heavy atom. The molecule has 1 aliphatic heterocycles. The zero-order valence-corrected chi connectivity index (χ0v) is 11.1. The van der Waals surface area contributed by atoms with Crippen LogP contribution in [0.5, 0.6) is 0 Å². The highest BCUT2D eigenvalue weighted by Gasteiger charge is 2.33. The maximum absolute atomic E-state index is 11.9. The maximum atomic E-state index is 11.9. The summed E-state index contributed by atoms with van der Waals surface area (Å²) in [5.74, 6) is -2.30. The van der Waals surface area contributed by atoms with Crippen LogP contribution in [0.4, 0.5) is 4.79 Å². The average Bonchev–Trinajstić information content (AvgIpc) is 2.89. The molecule has 2 rings (SSSR count). The van der Waals surface area contributed by atoms with Crippen LogP contribution in [0, 0.1) is 0 Å². The van der Waals surface area contributed by atoms with Gasteiger partial charge in [0.05, 0.1) is 6.54 Å². The molecule has 1 aromatic rings. The first-order valence-electron chi connectivity index (χ1n) is 6.08. The number of rotatable bonds is 3. The molecule has 1 fully saturated rings. The van der Waals surface area contributed by atoms with Crippen LogP contribution < -0.4 is 10.6 Å². The monoisotopic (exact) mass is 295 g/mol. The van der Waals surface area contributed by atoms with E-state index in [1.54, 1.807) is 0 Å². The number of hydrogen-bond donors (Lipinski definition) is 3. The van der Waals surface area contributed by atoms with Gasteiger partial charge in [0, 0.05) is 0 Å². The van der Waals surface area contributed by atoms with Crippen LogP contribution in [-0.2, 0) is 16.1 Å². The van der Waals surface area contributed by atoms with Crippen LogP contribution in [0.2, 0.25) is 0 Å². The van der Waals surface area contributed by atoms with Crippen molar-refractivity contribution in [2.75, 3.05) is 6.54 Å². The Morgan fingerprint density at radius 1 is 1.48 bits per heavy atom. The Labute approximate surface area is 118 Å². The normalized spacial score (nSPS) is 18.3. The highest BCUT2D eigenvalue weighted by atomic mass is 16.4. The van der Waals surface area contributed by atoms with Crippen LogP contribution in [0.25, 0.3) is 0 Å². The van der Waals surface area contributed by atoms with Crippen LogP contribution in [0.15, 0.2) is 16.5 Å². The topological polar surface area (TPSA) is 129 Å². The van der Waals surface area contributed by atoms with Crippen molar-refractivity contribution in [2.24, 2.45) is 0 Å². The summed E-state index contributed by atoms with van der Waals surface area (Å²) in [7, 11) is 0. The van der Waals surface area contributed by atoms with E-state index in [1.165, 1.54) is 19.1 Å². The van der Waals surface area contributed by atoms with Crippen molar-refractivity contribution >= 4 is 23.8 Å². The number of piperazine rings is 1. The van der Waals surface area contributed by atoms with Crippen molar-refractivity contribution in [2.45, 2.75) is 19.5 Å². The van der Waals surface area contributed by atoms with Gasteiger partial charge < -0.3 is 19.7 Å². The van der Waals surface area contributed by atoms with Gasteiger partial charge >= 0.3 is 12.0 Å². The number of furan rings is 1. The van der Waals surface area contributed by atoms with Gasteiger partial charge in [-0.25, -0.2) is 9.59 Å². The number of amides is 4. The fourth-order valence-electron chi connectivity index (χ4n) is 1.81. The van der Waals surface area contributed by atoms with Crippen molar-refractivity contribution in [1.82, 2.24) is 15.5 Å². The molecule has 9 nitrogen and oxygen atoms in total. The number of nitrogens with one attached hydrogen (secondary N) is 2. The Kier molecular flexibility index (Phi) is 3.92. The molecule has 1 aromatic heterocycles. The van der Waals surface area contributed by atoms with Crippen LogP contribution >= 0.6 is 0 Å². The number of nitrogens with zero attached hydrogens (tertiary/aromatic N) is 1. The van der Waals surface area contributed by atoms with Gasteiger partial charge in [-0.05, 0) is 19.1 Å². The van der Waals surface area contributed by atoms with E-state index in [2.05, 4.69) is 10.6 Å². The van der Waals surface area contributed by atoms with Gasteiger partial charge in [0.1, 0.15) is 18.3 Å². The summed E-state index contributed by atoms with van der Waals surface area (Å²) in [5, 5.41) is 13.3. The molecule has 1 aliphatic rings. The predicted molar refractivity (Wildman–Crippen MR) is 67.2 cm³/mol. The smallest absolute Gasteiger partial charge is 0.371 e. The Balaban J connectivity index is 1.95. The second kappa shape index (κ2) is 5.65. The summed E-state index contributed by atoms with van der Waals surface area (Å²) in [4.78, 5) is 46.4. The van der Waals surface area contributed by atoms with Crippen LogP contribution in [0.1, 0.15) is 23.2 Å². The molecule has 9 heteroatoms. The molecule has 4 amide bonds. The summed E-state index contributed by atoms with van der Waals surface area (Å²) in [6.07, 6.45) is 0. The summed E-state index contributed by atoms with van der Waals surface area (Å²) in [6.45, 7) is 1.22. The van der Waals surface area contributed by atoms with Gasteiger partial charge in [-0.15, -0.1) is 0 Å². The number of carboxylic acid groups (broad SMARTS) is 1. The maximum Gasteiger partial charge on any atom is 0.371 e. The van der Waals surface area contributed by atoms with E-state index in [0.29, 0.717) is 0 Å². The van der Waals surface area contributed by atoms with E-state index in [-0.39, 0.29) is 24.6 Å². The first-order chi connectivity index (χ1) is 9.88. The largest absolute Gasteiger partial charge is 0.475 e. The molecule has 2 heterocycles. The predicted octanol–water partition coefficient (Wildman–Crippen LogP) is -0.466. The molecule has 1 atom stereocenters. The van der Waals surface area contributed by atoms with Crippen molar-refractivity contribution < 1.29 is 28.7 Å². The Morgan fingerprint density at radius 3 is 2.81 bits per heavy atom. The Hall–Kier alpha value is -2.84. The molecule has 1 saturated heterocycles. The molecular weight excluding hydrogens is 282 g/mol. The third-order valence-electron chi connectivity index (χ3n) is 2.97. The highest BCUT2D eigenvalue weighted by Crippen LogP contribution is 2.09. The van der Waals surface area contributed by atoms with E-state index in [4.69, 9.17) is 9.52 Å². The quantitative estimate of drug-likeness (QED) is 0.647. The van der Waals surface area contributed by atoms with Crippen molar-refractivity contribution in [3.8, 4) is 0 Å². The van der Waals surface area contributed by atoms with Crippen molar-refractivity contribution in [3.63, 3.8) is 0 Å². The summed E-state index contributed by atoms with van der Waals surface area (Å²) >= 11 is 0. The highest BCUT2D eigenvalue weighted by molar-refractivity contribution is 6.03. The molecule has 0 spiro atoms. The number of aromatic carboxylic acids is 1. The lowest BCUT2D eigenvalue weighted by molar-refractivity contribution is -0.137. The minimum Gasteiger partial charge on any atom is -0.475 e. The molecular formula is C12H13N3O6. The van der Waals surface area contributed by atoms with Gasteiger partial charge in [-0.1, -0.05) is 0 Å². The van der Waals surface area contributed by atoms with Crippen molar-refractivity contribution in [1.29, 1.82) is 0 Å². The molecule has 21 heavy (non-hydrogen) atoms. The third-order valence-corrected chi connectivity index (χ3v) is 2.97. The number of imide groups is 1. The second-order valence-corrected chi connectivity index (χ2v) is 4.45. The lowest BCUT2D eigenvalue weighted by Crippen LogP contribution is -2.60. The van der Waals surface area contributed by atoms with E-state index in [1.807, 2.05) is 0 Å². The lowest BCUT2D eigenvalue weighted by atomic mass is 10.2. The molecule has 0 bridgehead atoms. The SMILES string of the molecule is CC1C(=O)NC(=O)CN1C(=O)NCc1ccc(C(=O)O)o1. The van der Waals surface area contributed by atoms with Crippen LogP contribution in [-0.4, -0.2) is 46.4 Å². The summed E-state index contributed by atoms with van der Waals surface area (Å²) in [5.41, 5.74) is 0.